The van der Waals surface area contributed by atoms with Gasteiger partial charge in [-0.25, -0.2) is 8.78 Å². The van der Waals surface area contributed by atoms with Crippen molar-refractivity contribution in [2.45, 2.75) is 12.0 Å². The molecule has 0 saturated carbocycles. The summed E-state index contributed by atoms with van der Waals surface area (Å²) >= 11 is 0. The number of halogens is 3. The number of benzene rings is 2. The van der Waals surface area contributed by atoms with Crippen molar-refractivity contribution in [1.82, 2.24) is 10.2 Å². The van der Waals surface area contributed by atoms with Gasteiger partial charge in [-0.1, -0.05) is 18.2 Å². The van der Waals surface area contributed by atoms with Crippen LogP contribution in [0.1, 0.15) is 11.6 Å². The van der Waals surface area contributed by atoms with Gasteiger partial charge in [-0.2, -0.15) is 0 Å². The van der Waals surface area contributed by atoms with Crippen LogP contribution in [0.5, 0.6) is 5.75 Å². The summed E-state index contributed by atoms with van der Waals surface area (Å²) < 4.78 is 34.1. The number of fused-ring (bicyclic) bond motifs is 1. The summed E-state index contributed by atoms with van der Waals surface area (Å²) in [6.07, 6.45) is 0. The van der Waals surface area contributed by atoms with Crippen LogP contribution in [-0.2, 0) is 0 Å². The molecule has 25 heavy (non-hydrogen) atoms. The van der Waals surface area contributed by atoms with Crippen LogP contribution in [-0.4, -0.2) is 55.8 Å². The van der Waals surface area contributed by atoms with Gasteiger partial charge in [0.15, 0.2) is 0 Å². The molecule has 1 saturated heterocycles. The summed E-state index contributed by atoms with van der Waals surface area (Å²) in [5, 5.41) is 14.2. The Labute approximate surface area is 152 Å². The van der Waals surface area contributed by atoms with E-state index in [9.17, 15) is 13.9 Å². The summed E-state index contributed by atoms with van der Waals surface area (Å²) in [7, 11) is 1.59. The lowest BCUT2D eigenvalue weighted by molar-refractivity contribution is -0.118. The summed E-state index contributed by atoms with van der Waals surface area (Å²) in [5.74, 6) is -2.47. The van der Waals surface area contributed by atoms with Crippen molar-refractivity contribution in [3.8, 4) is 5.75 Å². The molecule has 1 heterocycles. The predicted molar refractivity (Wildman–Crippen MR) is 97.0 cm³/mol. The van der Waals surface area contributed by atoms with Crippen molar-refractivity contribution in [3.63, 3.8) is 0 Å². The average molecular weight is 373 g/mol. The maximum absolute atomic E-state index is 14.5. The summed E-state index contributed by atoms with van der Waals surface area (Å²) in [6.45, 7) is 1.23. The number of aliphatic hydroxyl groups is 1. The standard InChI is InChI=1S/C18H22F2N2O2.ClH/c1-24-16-5-4-13-10-15(3-2-14(13)11-16)17(18(19,20)12-23)22-8-6-21-7-9-22;/h2-5,10-11,17,21,23H,6-9,12H2,1H3;1H/t17-;/m0./s1. The monoisotopic (exact) mass is 372 g/mol. The third-order valence-electron chi connectivity index (χ3n) is 4.51. The summed E-state index contributed by atoms with van der Waals surface area (Å²) in [4.78, 5) is 1.75. The second kappa shape index (κ2) is 8.27. The SMILES string of the molecule is COc1ccc2cc([C@H](N3CCNCC3)C(F)(F)CO)ccc2c1.Cl. The molecule has 3 rings (SSSR count). The molecule has 0 unspecified atom stereocenters. The Morgan fingerprint density at radius 3 is 2.44 bits per heavy atom. The highest BCUT2D eigenvalue weighted by atomic mass is 35.5. The van der Waals surface area contributed by atoms with Crippen LogP contribution in [0.3, 0.4) is 0 Å². The maximum Gasteiger partial charge on any atom is 0.289 e. The molecule has 2 aromatic rings. The number of nitrogens with one attached hydrogen (secondary N) is 1. The quantitative estimate of drug-likeness (QED) is 0.847. The number of ether oxygens (including phenoxy) is 1. The van der Waals surface area contributed by atoms with Gasteiger partial charge in [0, 0.05) is 26.2 Å². The lowest BCUT2D eigenvalue weighted by Gasteiger charge is -2.38. The van der Waals surface area contributed by atoms with Crippen molar-refractivity contribution in [3.05, 3.63) is 42.0 Å². The van der Waals surface area contributed by atoms with Crippen LogP contribution in [0.2, 0.25) is 0 Å². The highest BCUT2D eigenvalue weighted by molar-refractivity contribution is 5.85. The Morgan fingerprint density at radius 1 is 1.16 bits per heavy atom. The van der Waals surface area contributed by atoms with E-state index in [1.54, 1.807) is 24.1 Å². The molecule has 0 spiro atoms. The van der Waals surface area contributed by atoms with E-state index in [0.717, 1.165) is 16.5 Å². The zero-order chi connectivity index (χ0) is 17.2. The first-order chi connectivity index (χ1) is 11.5. The van der Waals surface area contributed by atoms with Crippen molar-refractivity contribution < 1.29 is 18.6 Å². The molecule has 0 aromatic heterocycles. The predicted octanol–water partition coefficient (Wildman–Crippen LogP) is 2.84. The number of hydrogen-bond acceptors (Lipinski definition) is 4. The second-order valence-electron chi connectivity index (χ2n) is 6.08. The fourth-order valence-electron chi connectivity index (χ4n) is 3.29. The smallest absolute Gasteiger partial charge is 0.289 e. The van der Waals surface area contributed by atoms with Gasteiger partial charge < -0.3 is 15.2 Å². The third-order valence-corrected chi connectivity index (χ3v) is 4.51. The molecule has 1 aliphatic heterocycles. The lowest BCUT2D eigenvalue weighted by atomic mass is 9.95. The molecular formula is C18H23ClF2N2O2. The van der Waals surface area contributed by atoms with E-state index in [1.165, 1.54) is 0 Å². The number of hydrogen-bond donors (Lipinski definition) is 2. The van der Waals surface area contributed by atoms with Crippen molar-refractivity contribution in [1.29, 1.82) is 0 Å². The number of nitrogens with zero attached hydrogens (tertiary/aromatic N) is 1. The number of rotatable bonds is 5. The molecular weight excluding hydrogens is 350 g/mol. The molecule has 138 valence electrons. The fraction of sp³-hybridized carbons (Fsp3) is 0.444. The normalized spacial score (nSPS) is 17.1. The van der Waals surface area contributed by atoms with Crippen LogP contribution >= 0.6 is 12.4 Å². The minimum Gasteiger partial charge on any atom is -0.497 e. The van der Waals surface area contributed by atoms with E-state index in [4.69, 9.17) is 4.74 Å². The highest BCUT2D eigenvalue weighted by Gasteiger charge is 2.44. The van der Waals surface area contributed by atoms with E-state index >= 15 is 0 Å². The molecule has 0 bridgehead atoms. The number of piperazine rings is 1. The van der Waals surface area contributed by atoms with Gasteiger partial charge in [-0.05, 0) is 34.5 Å². The van der Waals surface area contributed by atoms with Crippen LogP contribution in [0.15, 0.2) is 36.4 Å². The summed E-state index contributed by atoms with van der Waals surface area (Å²) in [5.41, 5.74) is 0.522. The van der Waals surface area contributed by atoms with Crippen LogP contribution < -0.4 is 10.1 Å². The second-order valence-corrected chi connectivity index (χ2v) is 6.08. The van der Waals surface area contributed by atoms with E-state index in [-0.39, 0.29) is 12.4 Å². The van der Waals surface area contributed by atoms with Gasteiger partial charge in [0.05, 0.1) is 7.11 Å². The first kappa shape index (κ1) is 19.8. The molecule has 1 aliphatic rings. The number of methoxy groups -OCH3 is 1. The largest absolute Gasteiger partial charge is 0.497 e. The van der Waals surface area contributed by atoms with Crippen molar-refractivity contribution >= 4 is 23.2 Å². The Morgan fingerprint density at radius 2 is 1.80 bits per heavy atom. The van der Waals surface area contributed by atoms with Crippen molar-refractivity contribution in [2.24, 2.45) is 0 Å². The molecule has 0 aliphatic carbocycles. The van der Waals surface area contributed by atoms with Gasteiger partial charge in [0.2, 0.25) is 0 Å². The summed E-state index contributed by atoms with van der Waals surface area (Å²) in [6, 6.07) is 9.76. The topological polar surface area (TPSA) is 44.7 Å². The van der Waals surface area contributed by atoms with Gasteiger partial charge >= 0.3 is 0 Å². The molecule has 4 nitrogen and oxygen atoms in total. The fourth-order valence-corrected chi connectivity index (χ4v) is 3.29. The Kier molecular flexibility index (Phi) is 6.57. The number of aliphatic hydroxyl groups excluding tert-OH is 1. The third kappa shape index (κ3) is 4.20. The van der Waals surface area contributed by atoms with E-state index in [0.29, 0.717) is 31.7 Å². The van der Waals surface area contributed by atoms with Gasteiger partial charge in [-0.3, -0.25) is 4.90 Å². The zero-order valence-electron chi connectivity index (χ0n) is 14.0. The molecule has 2 N–H and O–H groups in total. The molecule has 1 fully saturated rings. The van der Waals surface area contributed by atoms with Gasteiger partial charge in [0.25, 0.3) is 5.92 Å². The highest BCUT2D eigenvalue weighted by Crippen LogP contribution is 2.37. The van der Waals surface area contributed by atoms with E-state index < -0.39 is 18.6 Å². The number of alkyl halides is 2. The molecule has 0 radical (unpaired) electrons. The van der Waals surface area contributed by atoms with Crippen molar-refractivity contribution in [2.75, 3.05) is 39.9 Å². The lowest BCUT2D eigenvalue weighted by Crippen LogP contribution is -2.51. The molecule has 7 heteroatoms. The van der Waals surface area contributed by atoms with Gasteiger partial charge in [-0.15, -0.1) is 12.4 Å². The Balaban J connectivity index is 0.00000225. The maximum atomic E-state index is 14.5. The first-order valence-corrected chi connectivity index (χ1v) is 8.06. The molecule has 1 atom stereocenters. The first-order valence-electron chi connectivity index (χ1n) is 8.06. The van der Waals surface area contributed by atoms with Gasteiger partial charge in [0.1, 0.15) is 18.4 Å². The molecule has 0 amide bonds. The van der Waals surface area contributed by atoms with Crippen LogP contribution in [0.4, 0.5) is 8.78 Å². The van der Waals surface area contributed by atoms with Crippen LogP contribution in [0, 0.1) is 0 Å². The van der Waals surface area contributed by atoms with E-state index in [2.05, 4.69) is 5.32 Å². The zero-order valence-corrected chi connectivity index (χ0v) is 14.9. The molecule has 2 aromatic carbocycles. The van der Waals surface area contributed by atoms with E-state index in [1.807, 2.05) is 24.3 Å². The minimum absolute atomic E-state index is 0. The average Bonchev–Trinajstić information content (AvgIpc) is 2.62. The van der Waals surface area contributed by atoms with Crippen LogP contribution in [0.25, 0.3) is 10.8 Å². The Bertz CT molecular complexity index is 709. The minimum atomic E-state index is -3.20. The Hall–Kier alpha value is -1.47.